The predicted molar refractivity (Wildman–Crippen MR) is 257 cm³/mol. The number of aliphatic hydroxyl groups is 1. The lowest BCUT2D eigenvalue weighted by Crippen LogP contribution is -3.00. The number of sulfone groups is 2. The molecule has 5 aromatic rings. The fourth-order valence-electron chi connectivity index (χ4n) is 7.16. The number of Topliss-reactive ketones (excluding diaryl/α,β-unsaturated/α-hetero) is 1. The van der Waals surface area contributed by atoms with Crippen molar-refractivity contribution in [2.45, 2.75) is 84.2 Å². The largest absolute Gasteiger partial charge is 1.00 e. The zero-order chi connectivity index (χ0) is 46.4. The summed E-state index contributed by atoms with van der Waals surface area (Å²) in [6.07, 6.45) is 16.7. The summed E-state index contributed by atoms with van der Waals surface area (Å²) in [4.78, 5) is 14.5. The minimum Gasteiger partial charge on any atom is -1.00 e. The Morgan fingerprint density at radius 2 is 1.06 bits per heavy atom. The molecule has 2 aliphatic rings. The molecule has 0 unspecified atom stereocenters. The number of allylic oxidation sites excluding steroid dienone is 6. The second kappa shape index (κ2) is 25.9. The van der Waals surface area contributed by atoms with Gasteiger partial charge in [-0.15, -0.1) is 0 Å². The number of fused-ring (bicyclic) bond motifs is 2. The Hall–Kier alpha value is -4.79. The van der Waals surface area contributed by atoms with E-state index in [0.717, 1.165) is 24.9 Å². The van der Waals surface area contributed by atoms with Crippen LogP contribution >= 0.6 is 0 Å². The van der Waals surface area contributed by atoms with Gasteiger partial charge in [-0.3, -0.25) is 4.79 Å². The van der Waals surface area contributed by atoms with Gasteiger partial charge in [-0.2, -0.15) is 0 Å². The molecule has 4 heterocycles. The quantitative estimate of drug-likeness (QED) is 0.100. The number of ketones is 1. The number of hydrogen-bond acceptors (Lipinski definition) is 7. The Labute approximate surface area is 414 Å². The van der Waals surface area contributed by atoms with Gasteiger partial charge in [-0.1, -0.05) is 115 Å². The van der Waals surface area contributed by atoms with Crippen LogP contribution in [0.4, 0.5) is 0 Å². The number of carbonyl (C=O) groups is 1. The van der Waals surface area contributed by atoms with Crippen molar-refractivity contribution in [2.75, 3.05) is 19.6 Å². The second-order valence-electron chi connectivity index (χ2n) is 16.5. The summed E-state index contributed by atoms with van der Waals surface area (Å²) in [6, 6.07) is 29.9. The van der Waals surface area contributed by atoms with Gasteiger partial charge >= 0.3 is 0 Å². The molecule has 0 spiro atoms. The van der Waals surface area contributed by atoms with Gasteiger partial charge in [0.2, 0.25) is 25.5 Å². The van der Waals surface area contributed by atoms with Crippen LogP contribution in [0, 0.1) is 11.8 Å². The van der Waals surface area contributed by atoms with Crippen molar-refractivity contribution in [3.8, 4) is 11.1 Å². The monoisotopic (exact) mass is 1060 g/mol. The average Bonchev–Trinajstić information content (AvgIpc) is 3.62. The molecule has 9 nitrogen and oxygen atoms in total. The van der Waals surface area contributed by atoms with Gasteiger partial charge < -0.3 is 44.0 Å². The van der Waals surface area contributed by atoms with E-state index in [-0.39, 0.29) is 70.5 Å². The molecule has 2 aromatic heterocycles. The highest BCUT2D eigenvalue weighted by molar-refractivity contribution is 7.97. The van der Waals surface area contributed by atoms with Crippen molar-refractivity contribution in [3.63, 3.8) is 0 Å². The number of aromatic nitrogens is 2. The first-order valence-corrected chi connectivity index (χ1v) is 25.1. The van der Waals surface area contributed by atoms with Crippen molar-refractivity contribution < 1.29 is 69.8 Å². The van der Waals surface area contributed by atoms with E-state index in [2.05, 4.69) is 112 Å². The third-order valence-electron chi connectivity index (χ3n) is 11.2. The number of aryl methyl sites for hydroxylation is 2. The molecule has 0 saturated heterocycles. The van der Waals surface area contributed by atoms with Gasteiger partial charge in [0, 0.05) is 48.2 Å². The standard InChI is InChI=1S/C27H18O6S2.C20H30N2.C6H15N.2BrH/c28-26-20-10-4-6-12-22(20)34(30,31)24(26)16-14-19(18-8-2-1-3-9-18)15-17-25-27(29)21-11-5-7-13-23(21)35(25,32)33;1-17(2)5-11-21-13-7-19(8-14-21)20-9-15-22(16-10-20)12-6-18(3)4;1-4-7(5-2)6-3;;/h1-17,28H;7-10,13-18H,5-6,11-12H2,1-4H3;4-6H2,1-3H3;2*1H/q;+2;;;/p-2. The maximum Gasteiger partial charge on any atom is 0.211 e. The van der Waals surface area contributed by atoms with Crippen molar-refractivity contribution in [3.05, 3.63) is 179 Å². The molecule has 0 aliphatic carbocycles. The van der Waals surface area contributed by atoms with Crippen molar-refractivity contribution in [1.29, 1.82) is 0 Å². The highest BCUT2D eigenvalue weighted by Gasteiger charge is 2.38. The summed E-state index contributed by atoms with van der Waals surface area (Å²) in [6.45, 7) is 21.4. The third kappa shape index (κ3) is 14.1. The normalized spacial score (nSPS) is 15.2. The SMILES string of the molecule is CC(C)CC[n+]1ccc(-c2cc[n+](CCC(C)C)cc2)cc1.CCN(CC)CC.O=C1C(=CC=C(C=CC2=C(O)c3ccccc3S2(=O)=O)c2ccccc2)S(=O)(=O)c2ccccc21.[Br-].[Br-]. The zero-order valence-electron chi connectivity index (χ0n) is 38.9. The summed E-state index contributed by atoms with van der Waals surface area (Å²) in [5.74, 6) is 0.555. The van der Waals surface area contributed by atoms with E-state index in [9.17, 15) is 26.7 Å². The van der Waals surface area contributed by atoms with Gasteiger partial charge in [0.15, 0.2) is 24.8 Å². The Morgan fingerprint density at radius 1 is 0.621 bits per heavy atom. The Bertz CT molecular complexity index is 2670. The van der Waals surface area contributed by atoms with Crippen LogP contribution in [-0.4, -0.2) is 52.3 Å². The van der Waals surface area contributed by atoms with Crippen LogP contribution < -0.4 is 43.1 Å². The smallest absolute Gasteiger partial charge is 0.211 e. The number of hydrogen-bond donors (Lipinski definition) is 1. The minimum atomic E-state index is -3.97. The molecule has 0 amide bonds. The third-order valence-corrected chi connectivity index (χ3v) is 14.9. The van der Waals surface area contributed by atoms with Gasteiger partial charge in [0.25, 0.3) is 0 Å². The molecule has 0 radical (unpaired) electrons. The number of carbonyl (C=O) groups excluding carboxylic acids is 1. The molecule has 66 heavy (non-hydrogen) atoms. The molecule has 13 heteroatoms. The van der Waals surface area contributed by atoms with E-state index < -0.39 is 25.5 Å². The van der Waals surface area contributed by atoms with Crippen LogP contribution in [-0.2, 0) is 32.8 Å². The fourth-order valence-corrected chi connectivity index (χ4v) is 10.3. The van der Waals surface area contributed by atoms with Crippen molar-refractivity contribution >= 4 is 36.8 Å². The molecule has 0 saturated carbocycles. The van der Waals surface area contributed by atoms with E-state index in [4.69, 9.17) is 0 Å². The van der Waals surface area contributed by atoms with Gasteiger partial charge in [0.05, 0.1) is 9.79 Å². The topological polar surface area (TPSA) is 117 Å². The first-order valence-electron chi connectivity index (χ1n) is 22.1. The van der Waals surface area contributed by atoms with E-state index >= 15 is 0 Å². The molecular formula is C53H63Br2N3O6S2. The van der Waals surface area contributed by atoms with Crippen LogP contribution in [0.2, 0.25) is 0 Å². The second-order valence-corrected chi connectivity index (χ2v) is 20.3. The average molecular weight is 1060 g/mol. The Balaban J connectivity index is 0.000000320. The van der Waals surface area contributed by atoms with Crippen LogP contribution in [0.3, 0.4) is 0 Å². The summed E-state index contributed by atoms with van der Waals surface area (Å²) in [5, 5.41) is 10.6. The number of nitrogens with zero attached hydrogens (tertiary/aromatic N) is 3. The molecule has 3 aromatic carbocycles. The molecule has 0 bridgehead atoms. The molecular weight excluding hydrogens is 999 g/mol. The van der Waals surface area contributed by atoms with E-state index in [1.165, 1.54) is 92.2 Å². The maximum absolute atomic E-state index is 12.9. The van der Waals surface area contributed by atoms with Gasteiger partial charge in [-0.25, -0.2) is 26.0 Å². The first kappa shape index (κ1) is 55.5. The van der Waals surface area contributed by atoms with E-state index in [1.807, 2.05) is 0 Å². The minimum absolute atomic E-state index is 0. The summed E-state index contributed by atoms with van der Waals surface area (Å²) in [7, 11) is -7.89. The Kier molecular flexibility index (Phi) is 21.8. The lowest BCUT2D eigenvalue weighted by Gasteiger charge is -2.13. The van der Waals surface area contributed by atoms with Crippen molar-refractivity contribution in [1.82, 2.24) is 4.90 Å². The summed E-state index contributed by atoms with van der Waals surface area (Å²) < 4.78 is 56.2. The molecule has 352 valence electrons. The number of benzene rings is 3. The molecule has 0 atom stereocenters. The molecule has 0 fully saturated rings. The van der Waals surface area contributed by atoms with Crippen molar-refractivity contribution in [2.24, 2.45) is 11.8 Å². The van der Waals surface area contributed by atoms with E-state index in [1.54, 1.807) is 54.6 Å². The maximum atomic E-state index is 12.9. The summed E-state index contributed by atoms with van der Waals surface area (Å²) in [5.41, 5.74) is 4.03. The highest BCUT2D eigenvalue weighted by atomic mass is 79.9. The predicted octanol–water partition coefficient (Wildman–Crippen LogP) is 4.27. The summed E-state index contributed by atoms with van der Waals surface area (Å²) >= 11 is 0. The number of pyridine rings is 2. The van der Waals surface area contributed by atoms with Crippen LogP contribution in [0.1, 0.15) is 82.8 Å². The van der Waals surface area contributed by atoms with Crippen LogP contribution in [0.25, 0.3) is 22.5 Å². The molecule has 2 aliphatic heterocycles. The highest BCUT2D eigenvalue weighted by Crippen LogP contribution is 2.39. The van der Waals surface area contributed by atoms with Gasteiger partial charge in [-0.05, 0) is 90.2 Å². The molecule has 7 rings (SSSR count). The number of halogens is 2. The van der Waals surface area contributed by atoms with E-state index in [0.29, 0.717) is 11.1 Å². The number of rotatable bonds is 14. The lowest BCUT2D eigenvalue weighted by molar-refractivity contribution is -0.698. The molecule has 1 N–H and O–H groups in total. The fraction of sp³-hybridized carbons (Fsp3) is 0.302. The van der Waals surface area contributed by atoms with Crippen LogP contribution in [0.5, 0.6) is 0 Å². The van der Waals surface area contributed by atoms with Gasteiger partial charge in [0.1, 0.15) is 28.7 Å². The first-order chi connectivity index (χ1) is 30.6. The lowest BCUT2D eigenvalue weighted by atomic mass is 10.0. The number of aliphatic hydroxyl groups excluding tert-OH is 1. The van der Waals surface area contributed by atoms with Crippen LogP contribution in [0.15, 0.2) is 172 Å². The Morgan fingerprint density at radius 3 is 1.48 bits per heavy atom. The zero-order valence-corrected chi connectivity index (χ0v) is 43.7.